The minimum absolute atomic E-state index is 0.783. The third-order valence-corrected chi connectivity index (χ3v) is 3.20. The smallest absolute Gasteiger partial charge is 0.128 e. The Labute approximate surface area is 112 Å². The van der Waals surface area contributed by atoms with Gasteiger partial charge in [-0.3, -0.25) is 0 Å². The van der Waals surface area contributed by atoms with Crippen molar-refractivity contribution in [3.8, 4) is 11.5 Å². The van der Waals surface area contributed by atoms with Crippen LogP contribution in [0.4, 0.5) is 5.69 Å². The Balaban J connectivity index is 1.94. The van der Waals surface area contributed by atoms with Crippen molar-refractivity contribution in [1.82, 2.24) is 0 Å². The predicted octanol–water partition coefficient (Wildman–Crippen LogP) is 4.52. The van der Waals surface area contributed by atoms with E-state index in [0.29, 0.717) is 0 Å². The van der Waals surface area contributed by atoms with Gasteiger partial charge in [0.1, 0.15) is 11.5 Å². The van der Waals surface area contributed by atoms with Crippen LogP contribution in [0.5, 0.6) is 11.5 Å². The van der Waals surface area contributed by atoms with E-state index in [2.05, 4.69) is 18.2 Å². The van der Waals surface area contributed by atoms with Gasteiger partial charge in [-0.1, -0.05) is 30.3 Å². The molecule has 3 aromatic carbocycles. The highest BCUT2D eigenvalue weighted by Crippen LogP contribution is 2.27. The van der Waals surface area contributed by atoms with Gasteiger partial charge < -0.3 is 10.5 Å². The maximum atomic E-state index is 5.87. The molecule has 0 atom stereocenters. The second-order valence-electron chi connectivity index (χ2n) is 4.63. The molecule has 0 unspecified atom stereocenters. The zero-order chi connectivity index (χ0) is 13.2. The summed E-state index contributed by atoms with van der Waals surface area (Å²) in [6.45, 7) is 1.97. The van der Waals surface area contributed by atoms with Crippen LogP contribution in [0.25, 0.3) is 10.8 Å². The highest BCUT2D eigenvalue weighted by molar-refractivity contribution is 5.83. The largest absolute Gasteiger partial charge is 0.457 e. The third-order valence-electron chi connectivity index (χ3n) is 3.20. The summed E-state index contributed by atoms with van der Waals surface area (Å²) in [5, 5.41) is 2.38. The van der Waals surface area contributed by atoms with E-state index < -0.39 is 0 Å². The number of hydrogen-bond acceptors (Lipinski definition) is 2. The Morgan fingerprint density at radius 3 is 2.26 bits per heavy atom. The van der Waals surface area contributed by atoms with Crippen LogP contribution < -0.4 is 10.5 Å². The topological polar surface area (TPSA) is 35.2 Å². The number of fused-ring (bicyclic) bond motifs is 1. The minimum Gasteiger partial charge on any atom is -0.457 e. The molecule has 0 radical (unpaired) electrons. The van der Waals surface area contributed by atoms with Crippen LogP contribution in [0.2, 0.25) is 0 Å². The summed E-state index contributed by atoms with van der Waals surface area (Å²) < 4.78 is 5.87. The standard InChI is InChI=1S/C17H15NO/c1-12-10-15(8-9-17(12)18)19-16-7-6-13-4-2-3-5-14(13)11-16/h2-11H,18H2,1H3. The van der Waals surface area contributed by atoms with Crippen LogP contribution in [0.1, 0.15) is 5.56 Å². The average molecular weight is 249 g/mol. The molecule has 3 aromatic rings. The zero-order valence-electron chi connectivity index (χ0n) is 10.8. The molecular weight excluding hydrogens is 234 g/mol. The van der Waals surface area contributed by atoms with E-state index in [1.807, 2.05) is 49.4 Å². The van der Waals surface area contributed by atoms with Gasteiger partial charge in [0.15, 0.2) is 0 Å². The number of hydrogen-bond donors (Lipinski definition) is 1. The molecule has 0 aliphatic heterocycles. The summed E-state index contributed by atoms with van der Waals surface area (Å²) in [6.07, 6.45) is 0. The summed E-state index contributed by atoms with van der Waals surface area (Å²) in [5.74, 6) is 1.64. The molecule has 0 aliphatic rings. The lowest BCUT2D eigenvalue weighted by molar-refractivity contribution is 0.483. The lowest BCUT2D eigenvalue weighted by atomic mass is 10.1. The summed E-state index contributed by atoms with van der Waals surface area (Å²) >= 11 is 0. The van der Waals surface area contributed by atoms with E-state index >= 15 is 0 Å². The molecule has 0 amide bonds. The molecule has 19 heavy (non-hydrogen) atoms. The van der Waals surface area contributed by atoms with Gasteiger partial charge in [0.2, 0.25) is 0 Å². The Bertz CT molecular complexity index is 734. The zero-order valence-corrected chi connectivity index (χ0v) is 10.8. The van der Waals surface area contributed by atoms with Crippen molar-refractivity contribution < 1.29 is 4.74 Å². The lowest BCUT2D eigenvalue weighted by Crippen LogP contribution is -1.90. The van der Waals surface area contributed by atoms with E-state index in [1.54, 1.807) is 0 Å². The quantitative estimate of drug-likeness (QED) is 0.677. The molecule has 0 heterocycles. The van der Waals surface area contributed by atoms with Gasteiger partial charge in [-0.15, -0.1) is 0 Å². The van der Waals surface area contributed by atoms with Crippen molar-refractivity contribution in [1.29, 1.82) is 0 Å². The highest BCUT2D eigenvalue weighted by Gasteiger charge is 2.01. The number of ether oxygens (including phenoxy) is 1. The SMILES string of the molecule is Cc1cc(Oc2ccc3ccccc3c2)ccc1N. The van der Waals surface area contributed by atoms with Crippen molar-refractivity contribution in [3.63, 3.8) is 0 Å². The summed E-state index contributed by atoms with van der Waals surface area (Å²) in [6, 6.07) is 20.0. The van der Waals surface area contributed by atoms with Crippen molar-refractivity contribution in [3.05, 3.63) is 66.2 Å². The van der Waals surface area contributed by atoms with Crippen LogP contribution in [0, 0.1) is 6.92 Å². The molecule has 2 N–H and O–H groups in total. The normalized spacial score (nSPS) is 10.6. The van der Waals surface area contributed by atoms with Crippen LogP contribution in [-0.2, 0) is 0 Å². The van der Waals surface area contributed by atoms with Gasteiger partial charge in [0.05, 0.1) is 0 Å². The van der Waals surface area contributed by atoms with E-state index in [4.69, 9.17) is 10.5 Å². The van der Waals surface area contributed by atoms with Gasteiger partial charge in [-0.05, 0) is 53.6 Å². The number of anilines is 1. The maximum absolute atomic E-state index is 5.87. The van der Waals surface area contributed by atoms with Crippen molar-refractivity contribution in [2.75, 3.05) is 5.73 Å². The summed E-state index contributed by atoms with van der Waals surface area (Å²) in [7, 11) is 0. The molecule has 3 rings (SSSR count). The van der Waals surface area contributed by atoms with E-state index in [9.17, 15) is 0 Å². The first kappa shape index (κ1) is 11.6. The fourth-order valence-electron chi connectivity index (χ4n) is 2.08. The van der Waals surface area contributed by atoms with Crippen LogP contribution in [-0.4, -0.2) is 0 Å². The summed E-state index contributed by atoms with van der Waals surface area (Å²) in [4.78, 5) is 0. The minimum atomic E-state index is 0.783. The molecule has 0 bridgehead atoms. The maximum Gasteiger partial charge on any atom is 0.128 e. The lowest BCUT2D eigenvalue weighted by Gasteiger charge is -2.08. The second kappa shape index (κ2) is 4.65. The predicted molar refractivity (Wildman–Crippen MR) is 79.6 cm³/mol. The van der Waals surface area contributed by atoms with Crippen molar-refractivity contribution in [2.45, 2.75) is 6.92 Å². The Morgan fingerprint density at radius 1 is 0.789 bits per heavy atom. The molecule has 0 fully saturated rings. The fourth-order valence-corrected chi connectivity index (χ4v) is 2.08. The molecular formula is C17H15NO. The first-order valence-electron chi connectivity index (χ1n) is 6.25. The van der Waals surface area contributed by atoms with Crippen LogP contribution in [0.15, 0.2) is 60.7 Å². The van der Waals surface area contributed by atoms with Crippen molar-refractivity contribution in [2.24, 2.45) is 0 Å². The van der Waals surface area contributed by atoms with Gasteiger partial charge in [-0.25, -0.2) is 0 Å². The monoisotopic (exact) mass is 249 g/mol. The number of aryl methyl sites for hydroxylation is 1. The van der Waals surface area contributed by atoms with E-state index in [0.717, 1.165) is 22.7 Å². The van der Waals surface area contributed by atoms with Gasteiger partial charge >= 0.3 is 0 Å². The molecule has 0 aromatic heterocycles. The molecule has 94 valence electrons. The first-order chi connectivity index (χ1) is 9.22. The number of nitrogens with two attached hydrogens (primary N) is 1. The van der Waals surface area contributed by atoms with Gasteiger partial charge in [0.25, 0.3) is 0 Å². The number of benzene rings is 3. The highest BCUT2D eigenvalue weighted by atomic mass is 16.5. The van der Waals surface area contributed by atoms with Gasteiger partial charge in [0, 0.05) is 5.69 Å². The van der Waals surface area contributed by atoms with Crippen LogP contribution >= 0.6 is 0 Å². The Morgan fingerprint density at radius 2 is 1.47 bits per heavy atom. The molecule has 0 saturated heterocycles. The molecule has 2 heteroatoms. The molecule has 0 spiro atoms. The van der Waals surface area contributed by atoms with E-state index in [-0.39, 0.29) is 0 Å². The van der Waals surface area contributed by atoms with E-state index in [1.165, 1.54) is 10.8 Å². The van der Waals surface area contributed by atoms with Crippen molar-refractivity contribution >= 4 is 16.5 Å². The third kappa shape index (κ3) is 2.38. The van der Waals surface area contributed by atoms with Gasteiger partial charge in [-0.2, -0.15) is 0 Å². The first-order valence-corrected chi connectivity index (χ1v) is 6.25. The summed E-state index contributed by atoms with van der Waals surface area (Å²) in [5.41, 5.74) is 7.61. The number of nitrogen functional groups attached to an aromatic ring is 1. The average Bonchev–Trinajstić information content (AvgIpc) is 2.43. The molecule has 0 aliphatic carbocycles. The Hall–Kier alpha value is -2.48. The number of rotatable bonds is 2. The molecule has 0 saturated carbocycles. The molecule has 2 nitrogen and oxygen atoms in total. The second-order valence-corrected chi connectivity index (χ2v) is 4.63. The fraction of sp³-hybridized carbons (Fsp3) is 0.0588. The Kier molecular flexibility index (Phi) is 2.84. The van der Waals surface area contributed by atoms with Crippen LogP contribution in [0.3, 0.4) is 0 Å².